The van der Waals surface area contributed by atoms with Gasteiger partial charge in [0.05, 0.1) is 0 Å². The monoisotopic (exact) mass is 269 g/mol. The fraction of sp³-hybridized carbons (Fsp3) is 0.182. The van der Waals surface area contributed by atoms with E-state index in [1.165, 1.54) is 6.07 Å². The van der Waals surface area contributed by atoms with Crippen LogP contribution in [0.4, 0.5) is 4.79 Å². The standard InChI is InChI=1S/C11H8ClNO5/c1-2-6-5-7(16-10(12)14)3-4-8(6)9-13-18-11(15)17-9/h3-5H,2H2,1H3. The molecule has 0 saturated heterocycles. The van der Waals surface area contributed by atoms with Gasteiger partial charge in [-0.15, -0.1) is 0 Å². The number of hydrogen-bond acceptors (Lipinski definition) is 6. The molecule has 0 atom stereocenters. The first kappa shape index (κ1) is 12.4. The van der Waals surface area contributed by atoms with Crippen molar-refractivity contribution in [1.29, 1.82) is 0 Å². The van der Waals surface area contributed by atoms with E-state index in [1.807, 2.05) is 6.92 Å². The van der Waals surface area contributed by atoms with Crippen molar-refractivity contribution < 1.29 is 18.5 Å². The van der Waals surface area contributed by atoms with E-state index in [0.717, 1.165) is 5.56 Å². The van der Waals surface area contributed by atoms with Crippen LogP contribution in [0.2, 0.25) is 0 Å². The lowest BCUT2D eigenvalue weighted by Gasteiger charge is -2.06. The SMILES string of the molecule is CCc1cc(OC(=O)Cl)ccc1-c1noc(=O)o1. The summed E-state index contributed by atoms with van der Waals surface area (Å²) in [4.78, 5) is 21.4. The van der Waals surface area contributed by atoms with Gasteiger partial charge in [-0.1, -0.05) is 6.92 Å². The molecule has 1 heterocycles. The van der Waals surface area contributed by atoms with E-state index in [0.29, 0.717) is 17.7 Å². The second-order valence-electron chi connectivity index (χ2n) is 3.35. The Bertz CT molecular complexity index is 630. The molecule has 0 N–H and O–H groups in total. The Kier molecular flexibility index (Phi) is 3.47. The summed E-state index contributed by atoms with van der Waals surface area (Å²) in [5.41, 5.74) is 0.456. The van der Waals surface area contributed by atoms with Gasteiger partial charge >= 0.3 is 11.3 Å². The van der Waals surface area contributed by atoms with Crippen molar-refractivity contribution >= 4 is 17.0 Å². The number of ether oxygens (including phenoxy) is 1. The zero-order valence-corrected chi connectivity index (χ0v) is 10.1. The van der Waals surface area contributed by atoms with Crippen molar-refractivity contribution in [3.8, 4) is 17.2 Å². The average Bonchev–Trinajstić information content (AvgIpc) is 2.74. The number of rotatable bonds is 3. The molecule has 0 aliphatic carbocycles. The molecule has 0 bridgehead atoms. The highest BCUT2D eigenvalue weighted by atomic mass is 35.5. The third kappa shape index (κ3) is 2.60. The molecule has 0 aliphatic rings. The zero-order chi connectivity index (χ0) is 13.1. The van der Waals surface area contributed by atoms with E-state index in [2.05, 4.69) is 9.68 Å². The van der Waals surface area contributed by atoms with Gasteiger partial charge in [0.1, 0.15) is 5.75 Å². The van der Waals surface area contributed by atoms with Gasteiger partial charge in [-0.05, 0) is 35.3 Å². The molecule has 7 heteroatoms. The fourth-order valence-corrected chi connectivity index (χ4v) is 1.62. The lowest BCUT2D eigenvalue weighted by Crippen LogP contribution is -1.98. The number of carbonyl (C=O) groups is 1. The lowest BCUT2D eigenvalue weighted by molar-refractivity contribution is 0.225. The van der Waals surface area contributed by atoms with E-state index in [9.17, 15) is 9.59 Å². The first-order valence-electron chi connectivity index (χ1n) is 5.07. The molecule has 18 heavy (non-hydrogen) atoms. The largest absolute Gasteiger partial charge is 0.542 e. The van der Waals surface area contributed by atoms with Crippen molar-refractivity contribution in [2.75, 3.05) is 0 Å². The minimum atomic E-state index is -0.919. The number of hydrogen-bond donors (Lipinski definition) is 0. The van der Waals surface area contributed by atoms with Crippen molar-refractivity contribution in [2.45, 2.75) is 13.3 Å². The zero-order valence-electron chi connectivity index (χ0n) is 9.31. The van der Waals surface area contributed by atoms with Crippen LogP contribution in [-0.2, 0) is 6.42 Å². The molecule has 0 amide bonds. The summed E-state index contributed by atoms with van der Waals surface area (Å²) in [6.07, 6.45) is 0.625. The fourth-order valence-electron chi connectivity index (χ4n) is 1.53. The van der Waals surface area contributed by atoms with Crippen LogP contribution in [0.3, 0.4) is 0 Å². The average molecular weight is 270 g/mol. The second kappa shape index (κ2) is 5.05. The Morgan fingerprint density at radius 1 is 1.50 bits per heavy atom. The van der Waals surface area contributed by atoms with Crippen LogP contribution >= 0.6 is 11.6 Å². The molecule has 1 aromatic carbocycles. The number of aromatic nitrogens is 1. The molecule has 2 aromatic rings. The second-order valence-corrected chi connectivity index (χ2v) is 3.66. The number of halogens is 1. The quantitative estimate of drug-likeness (QED) is 0.797. The minimum absolute atomic E-state index is 0.0839. The van der Waals surface area contributed by atoms with Gasteiger partial charge in [-0.3, -0.25) is 4.52 Å². The smallest absolute Gasteiger partial charge is 0.414 e. The van der Waals surface area contributed by atoms with Crippen LogP contribution in [0.1, 0.15) is 12.5 Å². The van der Waals surface area contributed by atoms with E-state index in [-0.39, 0.29) is 5.89 Å². The molecule has 0 aliphatic heterocycles. The highest BCUT2D eigenvalue weighted by molar-refractivity contribution is 6.61. The minimum Gasteiger partial charge on any atom is -0.414 e. The maximum Gasteiger partial charge on any atom is 0.542 e. The first-order valence-corrected chi connectivity index (χ1v) is 5.45. The molecular formula is C11H8ClNO5. The summed E-state index contributed by atoms with van der Waals surface area (Å²) in [7, 11) is 0. The van der Waals surface area contributed by atoms with Crippen molar-refractivity contribution in [2.24, 2.45) is 0 Å². The van der Waals surface area contributed by atoms with Gasteiger partial charge in [0, 0.05) is 17.2 Å². The van der Waals surface area contributed by atoms with Crippen LogP contribution < -0.4 is 10.6 Å². The van der Waals surface area contributed by atoms with Crippen LogP contribution in [0.25, 0.3) is 11.5 Å². The molecule has 0 saturated carbocycles. The number of benzene rings is 1. The van der Waals surface area contributed by atoms with Gasteiger partial charge in [-0.25, -0.2) is 9.59 Å². The Balaban J connectivity index is 2.43. The summed E-state index contributed by atoms with van der Waals surface area (Å²) in [5.74, 6) is -0.481. The van der Waals surface area contributed by atoms with Crippen LogP contribution in [0.5, 0.6) is 5.75 Å². The van der Waals surface area contributed by atoms with Gasteiger partial charge in [-0.2, -0.15) is 0 Å². The molecule has 0 unspecified atom stereocenters. The van der Waals surface area contributed by atoms with Gasteiger partial charge in [0.15, 0.2) is 0 Å². The summed E-state index contributed by atoms with van der Waals surface area (Å²) in [5, 5.41) is 3.50. The topological polar surface area (TPSA) is 82.5 Å². The van der Waals surface area contributed by atoms with Crippen molar-refractivity contribution in [1.82, 2.24) is 5.16 Å². The Morgan fingerprint density at radius 3 is 2.83 bits per heavy atom. The van der Waals surface area contributed by atoms with Crippen LogP contribution in [0.15, 0.2) is 31.9 Å². The third-order valence-corrected chi connectivity index (χ3v) is 2.35. The van der Waals surface area contributed by atoms with Gasteiger partial charge < -0.3 is 9.15 Å². The molecule has 2 rings (SSSR count). The normalized spacial score (nSPS) is 10.3. The molecule has 6 nitrogen and oxygen atoms in total. The highest BCUT2D eigenvalue weighted by Crippen LogP contribution is 2.26. The van der Waals surface area contributed by atoms with Crippen LogP contribution in [0, 0.1) is 0 Å². The molecule has 1 aromatic heterocycles. The first-order chi connectivity index (χ1) is 8.60. The number of nitrogens with zero attached hydrogens (tertiary/aromatic N) is 1. The Hall–Kier alpha value is -2.08. The van der Waals surface area contributed by atoms with Gasteiger partial charge in [0.2, 0.25) is 0 Å². The molecule has 0 radical (unpaired) electrons. The summed E-state index contributed by atoms with van der Waals surface area (Å²) in [6.45, 7) is 1.89. The van der Waals surface area contributed by atoms with Crippen LogP contribution in [-0.4, -0.2) is 10.6 Å². The van der Waals surface area contributed by atoms with E-state index in [4.69, 9.17) is 20.8 Å². The Morgan fingerprint density at radius 2 is 2.28 bits per heavy atom. The predicted molar refractivity (Wildman–Crippen MR) is 61.7 cm³/mol. The predicted octanol–water partition coefficient (Wildman–Crippen LogP) is 2.59. The van der Waals surface area contributed by atoms with Gasteiger partial charge in [0.25, 0.3) is 5.89 Å². The third-order valence-electron chi connectivity index (χ3n) is 2.27. The lowest BCUT2D eigenvalue weighted by atomic mass is 10.0. The van der Waals surface area contributed by atoms with Crippen molar-refractivity contribution in [3.05, 3.63) is 34.4 Å². The van der Waals surface area contributed by atoms with E-state index >= 15 is 0 Å². The Labute approximate surface area is 106 Å². The molecular weight excluding hydrogens is 262 g/mol. The van der Waals surface area contributed by atoms with E-state index < -0.39 is 11.3 Å². The molecule has 0 fully saturated rings. The summed E-state index contributed by atoms with van der Waals surface area (Å²) in [6, 6.07) is 4.74. The summed E-state index contributed by atoms with van der Waals surface area (Å²) >= 11 is 5.12. The number of carbonyl (C=O) groups excluding carboxylic acids is 1. The highest BCUT2D eigenvalue weighted by Gasteiger charge is 2.13. The maximum absolute atomic E-state index is 10.8. The molecule has 94 valence electrons. The molecule has 0 spiro atoms. The maximum atomic E-state index is 10.8. The van der Waals surface area contributed by atoms with E-state index in [1.54, 1.807) is 12.1 Å². The summed E-state index contributed by atoms with van der Waals surface area (Å²) < 4.78 is 13.8. The number of aryl methyl sites for hydroxylation is 1. The van der Waals surface area contributed by atoms with Crippen molar-refractivity contribution in [3.63, 3.8) is 0 Å².